The summed E-state index contributed by atoms with van der Waals surface area (Å²) in [6.45, 7) is 8.61. The number of hydrogen-bond acceptors (Lipinski definition) is 3. The summed E-state index contributed by atoms with van der Waals surface area (Å²) in [7, 11) is 1.95. The minimum Gasteiger partial charge on any atom is -0.468 e. The summed E-state index contributed by atoms with van der Waals surface area (Å²) < 4.78 is 5.47. The summed E-state index contributed by atoms with van der Waals surface area (Å²) in [6, 6.07) is 2.09. The van der Waals surface area contributed by atoms with E-state index in [0.717, 1.165) is 31.9 Å². The first kappa shape index (κ1) is 13.3. The van der Waals surface area contributed by atoms with Crippen LogP contribution >= 0.6 is 0 Å². The van der Waals surface area contributed by atoms with Crippen molar-refractivity contribution < 1.29 is 4.42 Å². The van der Waals surface area contributed by atoms with Crippen LogP contribution in [0, 0.1) is 0 Å². The fraction of sp³-hybridized carbons (Fsp3) is 0.692. The first-order chi connectivity index (χ1) is 7.81. The standard InChI is InChI=1S/C13H24N2O/c1-4-7-15(8-5-2)11-12-6-9-16-13(12)10-14-3/h6,9,14H,4-5,7-8,10-11H2,1-3H3. The van der Waals surface area contributed by atoms with Crippen molar-refractivity contribution in [2.75, 3.05) is 20.1 Å². The highest BCUT2D eigenvalue weighted by atomic mass is 16.3. The third kappa shape index (κ3) is 3.99. The average Bonchev–Trinajstić information content (AvgIpc) is 2.67. The van der Waals surface area contributed by atoms with Crippen LogP contribution in [0.15, 0.2) is 16.7 Å². The molecule has 0 spiro atoms. The molecule has 1 rings (SSSR count). The first-order valence-electron chi connectivity index (χ1n) is 6.24. The lowest BCUT2D eigenvalue weighted by atomic mass is 10.2. The normalized spacial score (nSPS) is 11.2. The van der Waals surface area contributed by atoms with E-state index in [1.165, 1.54) is 18.4 Å². The molecular formula is C13H24N2O. The number of nitrogens with zero attached hydrogens (tertiary/aromatic N) is 1. The molecule has 1 aromatic heterocycles. The topological polar surface area (TPSA) is 28.4 Å². The predicted molar refractivity (Wildman–Crippen MR) is 67.3 cm³/mol. The summed E-state index contributed by atoms with van der Waals surface area (Å²) in [5, 5.41) is 3.14. The molecule has 0 fully saturated rings. The summed E-state index contributed by atoms with van der Waals surface area (Å²) in [4.78, 5) is 2.49. The van der Waals surface area contributed by atoms with Gasteiger partial charge in [-0.05, 0) is 39.0 Å². The van der Waals surface area contributed by atoms with Crippen molar-refractivity contribution in [2.45, 2.75) is 39.8 Å². The number of furan rings is 1. The molecular weight excluding hydrogens is 200 g/mol. The van der Waals surface area contributed by atoms with Crippen molar-refractivity contribution in [3.63, 3.8) is 0 Å². The van der Waals surface area contributed by atoms with Crippen molar-refractivity contribution in [1.29, 1.82) is 0 Å². The lowest BCUT2D eigenvalue weighted by Crippen LogP contribution is -2.25. The van der Waals surface area contributed by atoms with Crippen molar-refractivity contribution >= 4 is 0 Å². The Hall–Kier alpha value is -0.800. The van der Waals surface area contributed by atoms with Gasteiger partial charge in [0.05, 0.1) is 12.8 Å². The molecule has 1 aromatic rings. The van der Waals surface area contributed by atoms with E-state index in [-0.39, 0.29) is 0 Å². The molecule has 0 unspecified atom stereocenters. The monoisotopic (exact) mass is 224 g/mol. The zero-order valence-corrected chi connectivity index (χ0v) is 10.8. The second-order valence-electron chi connectivity index (χ2n) is 4.18. The smallest absolute Gasteiger partial charge is 0.122 e. The highest BCUT2D eigenvalue weighted by Crippen LogP contribution is 2.13. The molecule has 0 aromatic carbocycles. The van der Waals surface area contributed by atoms with Gasteiger partial charge in [-0.1, -0.05) is 13.8 Å². The summed E-state index contributed by atoms with van der Waals surface area (Å²) >= 11 is 0. The molecule has 0 saturated carbocycles. The number of rotatable bonds is 8. The van der Waals surface area contributed by atoms with Gasteiger partial charge in [-0.25, -0.2) is 0 Å². The molecule has 16 heavy (non-hydrogen) atoms. The van der Waals surface area contributed by atoms with Crippen LogP contribution < -0.4 is 5.32 Å². The second kappa shape index (κ2) is 7.47. The number of nitrogens with one attached hydrogen (secondary N) is 1. The van der Waals surface area contributed by atoms with Gasteiger partial charge in [0.1, 0.15) is 5.76 Å². The zero-order chi connectivity index (χ0) is 11.8. The predicted octanol–water partition coefficient (Wildman–Crippen LogP) is 2.62. The van der Waals surface area contributed by atoms with Crippen molar-refractivity contribution in [3.05, 3.63) is 23.7 Å². The van der Waals surface area contributed by atoms with Crippen LogP contribution in [0.3, 0.4) is 0 Å². The zero-order valence-electron chi connectivity index (χ0n) is 10.8. The van der Waals surface area contributed by atoms with Crippen LogP contribution in [0.5, 0.6) is 0 Å². The van der Waals surface area contributed by atoms with Gasteiger partial charge in [-0.3, -0.25) is 4.90 Å². The van der Waals surface area contributed by atoms with Crippen LogP contribution in [0.4, 0.5) is 0 Å². The van der Waals surface area contributed by atoms with Crippen LogP contribution in [0.1, 0.15) is 38.0 Å². The Morgan fingerprint density at radius 2 is 1.94 bits per heavy atom. The quantitative estimate of drug-likeness (QED) is 0.736. The molecule has 92 valence electrons. The fourth-order valence-electron chi connectivity index (χ4n) is 1.97. The molecule has 3 heteroatoms. The van der Waals surface area contributed by atoms with Crippen LogP contribution in [-0.2, 0) is 13.1 Å². The molecule has 0 saturated heterocycles. The second-order valence-corrected chi connectivity index (χ2v) is 4.18. The van der Waals surface area contributed by atoms with Gasteiger partial charge < -0.3 is 9.73 Å². The maximum absolute atomic E-state index is 5.47. The van der Waals surface area contributed by atoms with Gasteiger partial charge in [0.25, 0.3) is 0 Å². The van der Waals surface area contributed by atoms with E-state index in [1.807, 2.05) is 7.05 Å². The van der Waals surface area contributed by atoms with E-state index in [4.69, 9.17) is 4.42 Å². The molecule has 0 bridgehead atoms. The highest BCUT2D eigenvalue weighted by molar-refractivity contribution is 5.16. The van der Waals surface area contributed by atoms with Crippen LogP contribution in [-0.4, -0.2) is 25.0 Å². The number of hydrogen-bond donors (Lipinski definition) is 1. The van der Waals surface area contributed by atoms with Gasteiger partial charge in [0, 0.05) is 12.1 Å². The average molecular weight is 224 g/mol. The summed E-state index contributed by atoms with van der Waals surface area (Å²) in [5.41, 5.74) is 1.32. The van der Waals surface area contributed by atoms with Gasteiger partial charge in [0.15, 0.2) is 0 Å². The molecule has 0 aliphatic rings. The van der Waals surface area contributed by atoms with Crippen molar-refractivity contribution in [1.82, 2.24) is 10.2 Å². The molecule has 3 nitrogen and oxygen atoms in total. The molecule has 1 heterocycles. The Kier molecular flexibility index (Phi) is 6.19. The van der Waals surface area contributed by atoms with Gasteiger partial charge >= 0.3 is 0 Å². The van der Waals surface area contributed by atoms with E-state index in [2.05, 4.69) is 30.1 Å². The molecule has 0 radical (unpaired) electrons. The third-order valence-electron chi connectivity index (χ3n) is 2.65. The summed E-state index contributed by atoms with van der Waals surface area (Å²) in [6.07, 6.45) is 4.20. The van der Waals surface area contributed by atoms with E-state index in [1.54, 1.807) is 6.26 Å². The van der Waals surface area contributed by atoms with E-state index in [9.17, 15) is 0 Å². The van der Waals surface area contributed by atoms with E-state index >= 15 is 0 Å². The van der Waals surface area contributed by atoms with E-state index in [0.29, 0.717) is 0 Å². The molecule has 0 aliphatic heterocycles. The Morgan fingerprint density at radius 1 is 1.25 bits per heavy atom. The molecule has 0 aliphatic carbocycles. The molecule has 0 atom stereocenters. The summed E-state index contributed by atoms with van der Waals surface area (Å²) in [5.74, 6) is 1.07. The van der Waals surface area contributed by atoms with Gasteiger partial charge in [-0.2, -0.15) is 0 Å². The van der Waals surface area contributed by atoms with E-state index < -0.39 is 0 Å². The minimum atomic E-state index is 0.814. The van der Waals surface area contributed by atoms with Crippen LogP contribution in [0.25, 0.3) is 0 Å². The van der Waals surface area contributed by atoms with Gasteiger partial charge in [-0.15, -0.1) is 0 Å². The van der Waals surface area contributed by atoms with Crippen LogP contribution in [0.2, 0.25) is 0 Å². The third-order valence-corrected chi connectivity index (χ3v) is 2.65. The SMILES string of the molecule is CCCN(CCC)Cc1ccoc1CNC. The first-order valence-corrected chi connectivity index (χ1v) is 6.24. The molecule has 1 N–H and O–H groups in total. The largest absolute Gasteiger partial charge is 0.468 e. The van der Waals surface area contributed by atoms with Crippen molar-refractivity contribution in [2.24, 2.45) is 0 Å². The van der Waals surface area contributed by atoms with Crippen molar-refractivity contribution in [3.8, 4) is 0 Å². The maximum Gasteiger partial charge on any atom is 0.122 e. The minimum absolute atomic E-state index is 0.814. The maximum atomic E-state index is 5.47. The highest BCUT2D eigenvalue weighted by Gasteiger charge is 2.09. The Morgan fingerprint density at radius 3 is 2.50 bits per heavy atom. The Balaban J connectivity index is 2.57. The molecule has 0 amide bonds. The lowest BCUT2D eigenvalue weighted by Gasteiger charge is -2.20. The lowest BCUT2D eigenvalue weighted by molar-refractivity contribution is 0.264. The Labute approximate surface area is 98.8 Å². The Bertz CT molecular complexity index is 277. The van der Waals surface area contributed by atoms with Gasteiger partial charge in [0.2, 0.25) is 0 Å². The fourth-order valence-corrected chi connectivity index (χ4v) is 1.97.